The Morgan fingerprint density at radius 1 is 1.28 bits per heavy atom. The van der Waals surface area contributed by atoms with Crippen molar-refractivity contribution in [1.29, 1.82) is 0 Å². The second-order valence-electron chi connectivity index (χ2n) is 4.32. The average molecular weight is 251 g/mol. The summed E-state index contributed by atoms with van der Waals surface area (Å²) < 4.78 is 5.03. The number of hydrogen-bond acceptors (Lipinski definition) is 4. The molecule has 0 unspecified atom stereocenters. The van der Waals surface area contributed by atoms with Crippen molar-refractivity contribution in [2.24, 2.45) is 0 Å². The SMILES string of the molecule is CCCN(CC)CCNCc1ccc(OC)nc1. The van der Waals surface area contributed by atoms with Crippen LogP contribution >= 0.6 is 0 Å². The zero-order chi connectivity index (χ0) is 13.2. The summed E-state index contributed by atoms with van der Waals surface area (Å²) in [6, 6.07) is 3.94. The maximum atomic E-state index is 5.03. The van der Waals surface area contributed by atoms with Crippen molar-refractivity contribution < 1.29 is 4.74 Å². The van der Waals surface area contributed by atoms with E-state index in [9.17, 15) is 0 Å². The Morgan fingerprint density at radius 2 is 2.11 bits per heavy atom. The van der Waals surface area contributed by atoms with Crippen LogP contribution in [0.15, 0.2) is 18.3 Å². The van der Waals surface area contributed by atoms with Gasteiger partial charge >= 0.3 is 0 Å². The Balaban J connectivity index is 2.20. The third kappa shape index (κ3) is 5.47. The molecule has 102 valence electrons. The summed E-state index contributed by atoms with van der Waals surface area (Å²) in [5, 5.41) is 3.44. The third-order valence-electron chi connectivity index (χ3n) is 2.93. The lowest BCUT2D eigenvalue weighted by atomic mass is 10.3. The normalized spacial score (nSPS) is 10.9. The first-order valence-electron chi connectivity index (χ1n) is 6.72. The van der Waals surface area contributed by atoms with Gasteiger partial charge in [0.1, 0.15) is 0 Å². The van der Waals surface area contributed by atoms with E-state index in [1.165, 1.54) is 18.5 Å². The molecular formula is C14H25N3O. The standard InChI is InChI=1S/C14H25N3O/c1-4-9-17(5-2)10-8-15-11-13-6-7-14(18-3)16-12-13/h6-7,12,15H,4-5,8-11H2,1-3H3. The van der Waals surface area contributed by atoms with Crippen LogP contribution in [0.25, 0.3) is 0 Å². The van der Waals surface area contributed by atoms with Gasteiger partial charge in [-0.2, -0.15) is 0 Å². The molecular weight excluding hydrogens is 226 g/mol. The van der Waals surface area contributed by atoms with Gasteiger partial charge in [0, 0.05) is 31.9 Å². The van der Waals surface area contributed by atoms with Gasteiger partial charge in [0.05, 0.1) is 7.11 Å². The monoisotopic (exact) mass is 251 g/mol. The molecule has 0 saturated heterocycles. The molecule has 0 aromatic carbocycles. The van der Waals surface area contributed by atoms with Crippen LogP contribution in [-0.4, -0.2) is 43.2 Å². The lowest BCUT2D eigenvalue weighted by Crippen LogP contribution is -2.32. The highest BCUT2D eigenvalue weighted by molar-refractivity contribution is 5.17. The molecule has 18 heavy (non-hydrogen) atoms. The van der Waals surface area contributed by atoms with Gasteiger partial charge < -0.3 is 15.0 Å². The molecule has 4 heteroatoms. The molecule has 1 rings (SSSR count). The van der Waals surface area contributed by atoms with Crippen molar-refractivity contribution in [2.45, 2.75) is 26.8 Å². The highest BCUT2D eigenvalue weighted by Crippen LogP contribution is 2.05. The van der Waals surface area contributed by atoms with Gasteiger partial charge in [-0.3, -0.25) is 0 Å². The summed E-state index contributed by atoms with van der Waals surface area (Å²) in [5.41, 5.74) is 1.19. The first-order chi connectivity index (χ1) is 8.80. The van der Waals surface area contributed by atoms with Crippen LogP contribution in [0.2, 0.25) is 0 Å². The molecule has 0 fully saturated rings. The fourth-order valence-electron chi connectivity index (χ4n) is 1.85. The summed E-state index contributed by atoms with van der Waals surface area (Å²) in [6.45, 7) is 9.72. The zero-order valence-electron chi connectivity index (χ0n) is 11.8. The van der Waals surface area contributed by atoms with Gasteiger partial charge in [0.25, 0.3) is 0 Å². The predicted octanol–water partition coefficient (Wildman–Crippen LogP) is 1.91. The van der Waals surface area contributed by atoms with Gasteiger partial charge in [-0.25, -0.2) is 4.98 Å². The highest BCUT2D eigenvalue weighted by Gasteiger charge is 2.00. The lowest BCUT2D eigenvalue weighted by Gasteiger charge is -2.19. The highest BCUT2D eigenvalue weighted by atomic mass is 16.5. The second-order valence-corrected chi connectivity index (χ2v) is 4.32. The molecule has 0 atom stereocenters. The maximum absolute atomic E-state index is 5.03. The van der Waals surface area contributed by atoms with Crippen molar-refractivity contribution in [3.63, 3.8) is 0 Å². The molecule has 4 nitrogen and oxygen atoms in total. The van der Waals surface area contributed by atoms with Crippen LogP contribution in [0.1, 0.15) is 25.8 Å². The number of rotatable bonds is 9. The van der Waals surface area contributed by atoms with E-state index in [-0.39, 0.29) is 0 Å². The van der Waals surface area contributed by atoms with E-state index in [1.54, 1.807) is 7.11 Å². The van der Waals surface area contributed by atoms with Crippen molar-refractivity contribution in [1.82, 2.24) is 15.2 Å². The van der Waals surface area contributed by atoms with Crippen molar-refractivity contribution in [2.75, 3.05) is 33.3 Å². The molecule has 1 aromatic rings. The topological polar surface area (TPSA) is 37.4 Å². The van der Waals surface area contributed by atoms with Crippen molar-refractivity contribution in [3.05, 3.63) is 23.9 Å². The number of likely N-dealkylation sites (N-methyl/N-ethyl adjacent to an activating group) is 1. The largest absolute Gasteiger partial charge is 0.481 e. The van der Waals surface area contributed by atoms with E-state index in [0.717, 1.165) is 26.2 Å². The Morgan fingerprint density at radius 3 is 2.67 bits per heavy atom. The minimum absolute atomic E-state index is 0.666. The second kappa shape index (κ2) is 8.89. The first-order valence-corrected chi connectivity index (χ1v) is 6.72. The van der Waals surface area contributed by atoms with Crippen molar-refractivity contribution in [3.8, 4) is 5.88 Å². The van der Waals surface area contributed by atoms with Crippen LogP contribution in [-0.2, 0) is 6.54 Å². The molecule has 0 spiro atoms. The number of nitrogens with zero attached hydrogens (tertiary/aromatic N) is 2. The quantitative estimate of drug-likeness (QED) is 0.680. The van der Waals surface area contributed by atoms with Gasteiger partial charge in [-0.05, 0) is 25.1 Å². The molecule has 0 aliphatic carbocycles. The fraction of sp³-hybridized carbons (Fsp3) is 0.643. The minimum atomic E-state index is 0.666. The third-order valence-corrected chi connectivity index (χ3v) is 2.93. The van der Waals surface area contributed by atoms with Crippen LogP contribution in [0.4, 0.5) is 0 Å². The van der Waals surface area contributed by atoms with E-state index < -0.39 is 0 Å². The molecule has 1 N–H and O–H groups in total. The van der Waals surface area contributed by atoms with E-state index in [4.69, 9.17) is 4.74 Å². The summed E-state index contributed by atoms with van der Waals surface area (Å²) in [5.74, 6) is 0.666. The molecule has 0 amide bonds. The van der Waals surface area contributed by atoms with E-state index >= 15 is 0 Å². The number of pyridine rings is 1. The molecule has 1 aromatic heterocycles. The predicted molar refractivity (Wildman–Crippen MR) is 74.9 cm³/mol. The fourth-order valence-corrected chi connectivity index (χ4v) is 1.85. The van der Waals surface area contributed by atoms with E-state index in [0.29, 0.717) is 5.88 Å². The van der Waals surface area contributed by atoms with E-state index in [2.05, 4.69) is 29.0 Å². The molecule has 1 heterocycles. The minimum Gasteiger partial charge on any atom is -0.481 e. The van der Waals surface area contributed by atoms with Gasteiger partial charge in [0.15, 0.2) is 0 Å². The van der Waals surface area contributed by atoms with Gasteiger partial charge in [-0.15, -0.1) is 0 Å². The molecule has 0 bridgehead atoms. The van der Waals surface area contributed by atoms with Crippen LogP contribution in [0.3, 0.4) is 0 Å². The summed E-state index contributed by atoms with van der Waals surface area (Å²) in [4.78, 5) is 6.64. The Labute approximate surface area is 110 Å². The summed E-state index contributed by atoms with van der Waals surface area (Å²) >= 11 is 0. The number of aromatic nitrogens is 1. The van der Waals surface area contributed by atoms with Crippen LogP contribution < -0.4 is 10.1 Å². The Bertz CT molecular complexity index is 313. The summed E-state index contributed by atoms with van der Waals surface area (Å²) in [7, 11) is 1.63. The lowest BCUT2D eigenvalue weighted by molar-refractivity contribution is 0.287. The molecule has 0 aliphatic rings. The zero-order valence-corrected chi connectivity index (χ0v) is 11.8. The molecule has 0 aliphatic heterocycles. The van der Waals surface area contributed by atoms with Crippen LogP contribution in [0, 0.1) is 0 Å². The van der Waals surface area contributed by atoms with Gasteiger partial charge in [0.2, 0.25) is 5.88 Å². The maximum Gasteiger partial charge on any atom is 0.212 e. The first kappa shape index (κ1) is 14.9. The summed E-state index contributed by atoms with van der Waals surface area (Å²) in [6.07, 6.45) is 3.08. The Hall–Kier alpha value is -1.13. The van der Waals surface area contributed by atoms with Crippen LogP contribution in [0.5, 0.6) is 5.88 Å². The van der Waals surface area contributed by atoms with E-state index in [1.807, 2.05) is 18.3 Å². The smallest absolute Gasteiger partial charge is 0.212 e. The molecule has 0 radical (unpaired) electrons. The number of methoxy groups -OCH3 is 1. The average Bonchev–Trinajstić information content (AvgIpc) is 2.43. The number of ether oxygens (including phenoxy) is 1. The number of hydrogen-bond donors (Lipinski definition) is 1. The number of nitrogens with one attached hydrogen (secondary N) is 1. The molecule has 0 saturated carbocycles. The van der Waals surface area contributed by atoms with Crippen molar-refractivity contribution >= 4 is 0 Å². The Kier molecular flexibility index (Phi) is 7.37. The van der Waals surface area contributed by atoms with Gasteiger partial charge in [-0.1, -0.05) is 19.9 Å².